The fraction of sp³-hybridized carbons (Fsp3) is 0.381. The molecule has 1 aromatic carbocycles. The highest BCUT2D eigenvalue weighted by molar-refractivity contribution is 5.72. The zero-order valence-corrected chi connectivity index (χ0v) is 16.0. The average molecular weight is 373 g/mol. The van der Waals surface area contributed by atoms with Crippen LogP contribution in [0.2, 0.25) is 0 Å². The van der Waals surface area contributed by atoms with Crippen LogP contribution in [0.1, 0.15) is 37.9 Å². The van der Waals surface area contributed by atoms with Gasteiger partial charge in [0.2, 0.25) is 0 Å². The SMILES string of the molecule is Cc1nc(-c2ccc(-c3cnc4ncn(CC5CCCCC5)c4n3)cc2)n[nH]1. The summed E-state index contributed by atoms with van der Waals surface area (Å²) in [6, 6.07) is 8.11. The van der Waals surface area contributed by atoms with Crippen molar-refractivity contribution in [2.45, 2.75) is 45.6 Å². The molecule has 1 aliphatic carbocycles. The van der Waals surface area contributed by atoms with Gasteiger partial charge < -0.3 is 4.57 Å². The number of benzene rings is 1. The van der Waals surface area contributed by atoms with E-state index in [9.17, 15) is 0 Å². The van der Waals surface area contributed by atoms with Crippen molar-refractivity contribution in [2.75, 3.05) is 0 Å². The number of hydrogen-bond donors (Lipinski definition) is 1. The molecular weight excluding hydrogens is 350 g/mol. The van der Waals surface area contributed by atoms with Crippen LogP contribution in [-0.2, 0) is 6.54 Å². The van der Waals surface area contributed by atoms with E-state index in [0.29, 0.717) is 11.5 Å². The van der Waals surface area contributed by atoms with E-state index < -0.39 is 0 Å². The molecule has 0 amide bonds. The van der Waals surface area contributed by atoms with Crippen LogP contribution in [0.25, 0.3) is 33.9 Å². The number of hydrogen-bond acceptors (Lipinski definition) is 5. The molecule has 7 heteroatoms. The molecule has 3 aromatic heterocycles. The van der Waals surface area contributed by atoms with Crippen molar-refractivity contribution in [2.24, 2.45) is 5.92 Å². The van der Waals surface area contributed by atoms with Crippen molar-refractivity contribution >= 4 is 11.3 Å². The van der Waals surface area contributed by atoms with E-state index in [1.807, 2.05) is 37.5 Å². The van der Waals surface area contributed by atoms with Crippen molar-refractivity contribution in [1.29, 1.82) is 0 Å². The van der Waals surface area contributed by atoms with Gasteiger partial charge in [0.15, 0.2) is 17.1 Å². The van der Waals surface area contributed by atoms with Crippen molar-refractivity contribution < 1.29 is 0 Å². The molecule has 0 aliphatic heterocycles. The maximum Gasteiger partial charge on any atom is 0.197 e. The highest BCUT2D eigenvalue weighted by atomic mass is 15.2. The van der Waals surface area contributed by atoms with E-state index in [0.717, 1.165) is 40.8 Å². The summed E-state index contributed by atoms with van der Waals surface area (Å²) < 4.78 is 2.17. The number of imidazole rings is 1. The number of nitrogens with one attached hydrogen (secondary N) is 1. The Balaban J connectivity index is 1.43. The monoisotopic (exact) mass is 373 g/mol. The smallest absolute Gasteiger partial charge is 0.197 e. The second-order valence-corrected chi connectivity index (χ2v) is 7.63. The van der Waals surface area contributed by atoms with Crippen molar-refractivity contribution in [1.82, 2.24) is 34.7 Å². The van der Waals surface area contributed by atoms with Crippen LogP contribution in [0.3, 0.4) is 0 Å². The molecule has 7 nitrogen and oxygen atoms in total. The number of rotatable bonds is 4. The highest BCUT2D eigenvalue weighted by Crippen LogP contribution is 2.27. The van der Waals surface area contributed by atoms with Gasteiger partial charge in [-0.2, -0.15) is 5.10 Å². The molecule has 5 rings (SSSR count). The summed E-state index contributed by atoms with van der Waals surface area (Å²) in [7, 11) is 0. The zero-order valence-electron chi connectivity index (χ0n) is 16.0. The van der Waals surface area contributed by atoms with Gasteiger partial charge in [-0.1, -0.05) is 43.5 Å². The molecule has 1 fully saturated rings. The standard InChI is InChI=1S/C21H23N7/c1-14-24-19(27-26-14)17-9-7-16(8-10-17)18-11-22-20-21(25-18)28(13-23-20)12-15-5-3-2-4-6-15/h7-11,13,15H,2-6,12H2,1H3,(H,24,26,27). The number of aryl methyl sites for hydroxylation is 1. The van der Waals surface area contributed by atoms with Crippen LogP contribution in [0, 0.1) is 12.8 Å². The van der Waals surface area contributed by atoms with Crippen LogP contribution in [0.5, 0.6) is 0 Å². The average Bonchev–Trinajstić information content (AvgIpc) is 3.35. The molecule has 1 N–H and O–H groups in total. The normalized spacial score (nSPS) is 15.3. The second-order valence-electron chi connectivity index (χ2n) is 7.63. The summed E-state index contributed by atoms with van der Waals surface area (Å²) >= 11 is 0. The minimum Gasteiger partial charge on any atom is -0.314 e. The van der Waals surface area contributed by atoms with Gasteiger partial charge in [0, 0.05) is 17.7 Å². The first-order chi connectivity index (χ1) is 13.8. The molecule has 28 heavy (non-hydrogen) atoms. The van der Waals surface area contributed by atoms with Crippen LogP contribution in [-0.4, -0.2) is 34.7 Å². The Morgan fingerprint density at radius 1 is 1.00 bits per heavy atom. The van der Waals surface area contributed by atoms with E-state index in [1.165, 1.54) is 32.1 Å². The van der Waals surface area contributed by atoms with Crippen molar-refractivity contribution in [3.63, 3.8) is 0 Å². The lowest BCUT2D eigenvalue weighted by atomic mass is 9.89. The number of fused-ring (bicyclic) bond motifs is 1. The molecule has 142 valence electrons. The fourth-order valence-electron chi connectivity index (χ4n) is 4.02. The summed E-state index contributed by atoms with van der Waals surface area (Å²) in [6.07, 6.45) is 10.3. The third kappa shape index (κ3) is 3.28. The fourth-order valence-corrected chi connectivity index (χ4v) is 4.02. The van der Waals surface area contributed by atoms with Gasteiger partial charge in [-0.15, -0.1) is 0 Å². The van der Waals surface area contributed by atoms with Gasteiger partial charge >= 0.3 is 0 Å². The number of aromatic amines is 1. The van der Waals surface area contributed by atoms with E-state index in [2.05, 4.69) is 29.7 Å². The van der Waals surface area contributed by atoms with Crippen LogP contribution in [0.15, 0.2) is 36.8 Å². The molecular formula is C21H23N7. The van der Waals surface area contributed by atoms with Gasteiger partial charge in [0.1, 0.15) is 5.82 Å². The number of nitrogens with zero attached hydrogens (tertiary/aromatic N) is 6. The summed E-state index contributed by atoms with van der Waals surface area (Å²) in [5.74, 6) is 2.23. The van der Waals surface area contributed by atoms with E-state index >= 15 is 0 Å². The molecule has 0 radical (unpaired) electrons. The topological polar surface area (TPSA) is 85.2 Å². The Hall–Kier alpha value is -3.09. The quantitative estimate of drug-likeness (QED) is 0.580. The minimum absolute atomic E-state index is 0.705. The Labute approximate surface area is 163 Å². The predicted octanol–water partition coefficient (Wildman–Crippen LogP) is 4.17. The molecule has 0 saturated heterocycles. The van der Waals surface area contributed by atoms with E-state index in [-0.39, 0.29) is 0 Å². The van der Waals surface area contributed by atoms with Crippen LogP contribution >= 0.6 is 0 Å². The third-order valence-electron chi connectivity index (χ3n) is 5.54. The summed E-state index contributed by atoms with van der Waals surface area (Å²) in [5, 5.41) is 7.09. The summed E-state index contributed by atoms with van der Waals surface area (Å²) in [6.45, 7) is 2.88. The number of aromatic nitrogens is 7. The van der Waals surface area contributed by atoms with Crippen LogP contribution in [0.4, 0.5) is 0 Å². The van der Waals surface area contributed by atoms with Crippen LogP contribution < -0.4 is 0 Å². The Morgan fingerprint density at radius 2 is 1.79 bits per heavy atom. The Morgan fingerprint density at radius 3 is 2.54 bits per heavy atom. The zero-order chi connectivity index (χ0) is 18.9. The lowest BCUT2D eigenvalue weighted by molar-refractivity contribution is 0.321. The van der Waals surface area contributed by atoms with Gasteiger partial charge in [0.25, 0.3) is 0 Å². The van der Waals surface area contributed by atoms with Crippen molar-refractivity contribution in [3.8, 4) is 22.6 Å². The minimum atomic E-state index is 0.705. The van der Waals surface area contributed by atoms with E-state index in [4.69, 9.17) is 4.98 Å². The molecule has 0 spiro atoms. The lowest BCUT2D eigenvalue weighted by Crippen LogP contribution is -2.13. The van der Waals surface area contributed by atoms with Gasteiger partial charge in [-0.3, -0.25) is 5.10 Å². The first-order valence-electron chi connectivity index (χ1n) is 9.94. The lowest BCUT2D eigenvalue weighted by Gasteiger charge is -2.21. The Bertz CT molecular complexity index is 1090. The van der Waals surface area contributed by atoms with Crippen molar-refractivity contribution in [3.05, 3.63) is 42.6 Å². The molecule has 0 atom stereocenters. The van der Waals surface area contributed by atoms with Gasteiger partial charge in [-0.25, -0.2) is 19.9 Å². The summed E-state index contributed by atoms with van der Waals surface area (Å²) in [5.41, 5.74) is 4.44. The third-order valence-corrected chi connectivity index (χ3v) is 5.54. The molecule has 3 heterocycles. The molecule has 1 aliphatic rings. The first-order valence-corrected chi connectivity index (χ1v) is 9.94. The van der Waals surface area contributed by atoms with E-state index in [1.54, 1.807) is 6.20 Å². The molecule has 0 bridgehead atoms. The van der Waals surface area contributed by atoms with Gasteiger partial charge in [0.05, 0.1) is 18.2 Å². The second kappa shape index (κ2) is 7.14. The largest absolute Gasteiger partial charge is 0.314 e. The maximum absolute atomic E-state index is 4.88. The summed E-state index contributed by atoms with van der Waals surface area (Å²) in [4.78, 5) is 18.2. The predicted molar refractivity (Wildman–Crippen MR) is 107 cm³/mol. The molecule has 0 unspecified atom stereocenters. The number of H-pyrrole nitrogens is 1. The molecule has 1 saturated carbocycles. The maximum atomic E-state index is 4.88. The highest BCUT2D eigenvalue weighted by Gasteiger charge is 2.16. The van der Waals surface area contributed by atoms with Gasteiger partial charge in [-0.05, 0) is 25.7 Å². The molecule has 4 aromatic rings. The first kappa shape index (κ1) is 17.0. The Kier molecular flexibility index (Phi) is 4.35.